The van der Waals surface area contributed by atoms with E-state index in [1.165, 1.54) is 0 Å². The van der Waals surface area contributed by atoms with Crippen molar-refractivity contribution in [1.82, 2.24) is 4.90 Å². The van der Waals surface area contributed by atoms with Crippen LogP contribution in [0.5, 0.6) is 0 Å². The van der Waals surface area contributed by atoms with Crippen molar-refractivity contribution < 1.29 is 4.79 Å². The average molecular weight is 252 g/mol. The maximum Gasteiger partial charge on any atom is 0.243 e. The Balaban J connectivity index is 2.51. The second-order valence-electron chi connectivity index (χ2n) is 3.99. The molecule has 3 nitrogen and oxygen atoms in total. The van der Waals surface area contributed by atoms with Gasteiger partial charge in [0.1, 0.15) is 6.04 Å². The molecule has 0 aliphatic heterocycles. The van der Waals surface area contributed by atoms with Crippen molar-refractivity contribution in [2.24, 2.45) is 5.73 Å². The third kappa shape index (κ3) is 4.40. The summed E-state index contributed by atoms with van der Waals surface area (Å²) in [4.78, 5) is 13.7. The minimum absolute atomic E-state index is 0.0164. The van der Waals surface area contributed by atoms with Gasteiger partial charge >= 0.3 is 0 Å². The molecule has 0 bridgehead atoms. The summed E-state index contributed by atoms with van der Waals surface area (Å²) in [6.45, 7) is 0.764. The number of amides is 1. The van der Waals surface area contributed by atoms with E-state index in [-0.39, 0.29) is 5.91 Å². The Kier molecular flexibility index (Phi) is 6.08. The van der Waals surface area contributed by atoms with Gasteiger partial charge in [0.25, 0.3) is 0 Å². The summed E-state index contributed by atoms with van der Waals surface area (Å²) in [5.41, 5.74) is 6.82. The quantitative estimate of drug-likeness (QED) is 0.787. The highest BCUT2D eigenvalue weighted by Gasteiger charge is 2.18. The van der Waals surface area contributed by atoms with Crippen LogP contribution in [0.25, 0.3) is 0 Å². The lowest BCUT2D eigenvalue weighted by Crippen LogP contribution is -2.36. The smallest absolute Gasteiger partial charge is 0.243 e. The Morgan fingerprint density at radius 2 is 2.06 bits per heavy atom. The molecule has 0 aromatic heterocycles. The van der Waals surface area contributed by atoms with Crippen LogP contribution in [0.1, 0.15) is 18.0 Å². The van der Waals surface area contributed by atoms with Crippen LogP contribution in [0.15, 0.2) is 30.3 Å². The summed E-state index contributed by atoms with van der Waals surface area (Å²) < 4.78 is 0. The number of nitrogens with zero attached hydrogens (tertiary/aromatic N) is 1. The molecule has 94 valence electrons. The molecule has 0 saturated heterocycles. The van der Waals surface area contributed by atoms with Gasteiger partial charge in [0.15, 0.2) is 0 Å². The van der Waals surface area contributed by atoms with E-state index in [2.05, 4.69) is 6.26 Å². The van der Waals surface area contributed by atoms with E-state index in [4.69, 9.17) is 5.73 Å². The van der Waals surface area contributed by atoms with E-state index in [0.717, 1.165) is 24.3 Å². The van der Waals surface area contributed by atoms with Gasteiger partial charge in [-0.1, -0.05) is 30.3 Å². The van der Waals surface area contributed by atoms with Crippen LogP contribution in [0.3, 0.4) is 0 Å². The lowest BCUT2D eigenvalue weighted by molar-refractivity contribution is -0.131. The molecule has 0 heterocycles. The highest BCUT2D eigenvalue weighted by molar-refractivity contribution is 7.98. The molecule has 1 aromatic rings. The summed E-state index contributed by atoms with van der Waals surface area (Å²) in [5, 5.41) is 0. The second kappa shape index (κ2) is 7.35. The summed E-state index contributed by atoms with van der Waals surface area (Å²) >= 11 is 1.79. The van der Waals surface area contributed by atoms with Gasteiger partial charge in [-0.25, -0.2) is 0 Å². The first-order chi connectivity index (χ1) is 8.16. The fourth-order valence-corrected chi connectivity index (χ4v) is 2.01. The van der Waals surface area contributed by atoms with Gasteiger partial charge in [0.2, 0.25) is 5.91 Å². The number of benzene rings is 1. The summed E-state index contributed by atoms with van der Waals surface area (Å²) in [5.74, 6) is 1.05. The van der Waals surface area contributed by atoms with Crippen molar-refractivity contribution in [2.75, 3.05) is 25.6 Å². The van der Waals surface area contributed by atoms with E-state index < -0.39 is 6.04 Å². The second-order valence-corrected chi connectivity index (χ2v) is 4.98. The maximum absolute atomic E-state index is 12.0. The number of nitrogens with two attached hydrogens (primary N) is 1. The Bertz CT molecular complexity index is 343. The van der Waals surface area contributed by atoms with Crippen LogP contribution in [0.2, 0.25) is 0 Å². The van der Waals surface area contributed by atoms with Gasteiger partial charge in [-0.05, 0) is 24.0 Å². The van der Waals surface area contributed by atoms with E-state index in [9.17, 15) is 4.79 Å². The van der Waals surface area contributed by atoms with Gasteiger partial charge in [-0.3, -0.25) is 4.79 Å². The molecular formula is C13H20N2OS. The van der Waals surface area contributed by atoms with E-state index in [1.807, 2.05) is 37.4 Å². The third-order valence-corrected chi connectivity index (χ3v) is 3.34. The first-order valence-corrected chi connectivity index (χ1v) is 7.10. The Morgan fingerprint density at radius 3 is 2.65 bits per heavy atom. The van der Waals surface area contributed by atoms with E-state index in [1.54, 1.807) is 16.7 Å². The molecule has 17 heavy (non-hydrogen) atoms. The van der Waals surface area contributed by atoms with Crippen LogP contribution in [0, 0.1) is 0 Å². The summed E-state index contributed by atoms with van der Waals surface area (Å²) in [6, 6.07) is 8.95. The van der Waals surface area contributed by atoms with Crippen LogP contribution < -0.4 is 5.73 Å². The number of hydrogen-bond acceptors (Lipinski definition) is 3. The topological polar surface area (TPSA) is 46.3 Å². The highest BCUT2D eigenvalue weighted by Crippen LogP contribution is 2.12. The molecule has 4 heteroatoms. The van der Waals surface area contributed by atoms with Crippen molar-refractivity contribution >= 4 is 17.7 Å². The van der Waals surface area contributed by atoms with Crippen molar-refractivity contribution in [3.05, 3.63) is 35.9 Å². The zero-order valence-electron chi connectivity index (χ0n) is 10.4. The predicted octanol–water partition coefficient (Wildman–Crippen LogP) is 1.90. The molecule has 1 aromatic carbocycles. The first-order valence-electron chi connectivity index (χ1n) is 5.71. The summed E-state index contributed by atoms with van der Waals surface area (Å²) in [6.07, 6.45) is 3.07. The number of carbonyl (C=O) groups is 1. The SMILES string of the molecule is CSCCCN(C)C(=O)C(N)c1ccccc1. The standard InChI is InChI=1S/C13H20N2OS/c1-15(9-6-10-17-2)13(16)12(14)11-7-4-3-5-8-11/h3-5,7-8,12H,6,9-10,14H2,1-2H3. The first kappa shape index (κ1) is 14.1. The highest BCUT2D eigenvalue weighted by atomic mass is 32.2. The molecule has 0 aliphatic rings. The fourth-order valence-electron chi connectivity index (χ4n) is 1.60. The molecule has 0 spiro atoms. The van der Waals surface area contributed by atoms with Gasteiger partial charge in [-0.15, -0.1) is 0 Å². The average Bonchev–Trinajstić information content (AvgIpc) is 2.38. The van der Waals surface area contributed by atoms with Gasteiger partial charge in [-0.2, -0.15) is 11.8 Å². The van der Waals surface area contributed by atoms with Gasteiger partial charge < -0.3 is 10.6 Å². The number of carbonyl (C=O) groups excluding carboxylic acids is 1. The molecule has 1 atom stereocenters. The maximum atomic E-state index is 12.0. The van der Waals surface area contributed by atoms with Crippen LogP contribution in [-0.2, 0) is 4.79 Å². The van der Waals surface area contributed by atoms with E-state index >= 15 is 0 Å². The Morgan fingerprint density at radius 1 is 1.41 bits per heavy atom. The van der Waals surface area contributed by atoms with Crippen molar-refractivity contribution in [1.29, 1.82) is 0 Å². The zero-order chi connectivity index (χ0) is 12.7. The summed E-state index contributed by atoms with van der Waals surface area (Å²) in [7, 11) is 1.81. The number of hydrogen-bond donors (Lipinski definition) is 1. The molecule has 0 radical (unpaired) electrons. The van der Waals surface area contributed by atoms with Gasteiger partial charge in [0, 0.05) is 13.6 Å². The fraction of sp³-hybridized carbons (Fsp3) is 0.462. The van der Waals surface area contributed by atoms with Crippen molar-refractivity contribution in [3.63, 3.8) is 0 Å². The number of rotatable bonds is 6. The van der Waals surface area contributed by atoms with Crippen LogP contribution in [-0.4, -0.2) is 36.4 Å². The molecule has 2 N–H and O–H groups in total. The molecule has 0 fully saturated rings. The van der Waals surface area contributed by atoms with Crippen LogP contribution >= 0.6 is 11.8 Å². The molecule has 1 rings (SSSR count). The van der Waals surface area contributed by atoms with Crippen LogP contribution in [0.4, 0.5) is 0 Å². The lowest BCUT2D eigenvalue weighted by atomic mass is 10.1. The largest absolute Gasteiger partial charge is 0.344 e. The van der Waals surface area contributed by atoms with E-state index in [0.29, 0.717) is 0 Å². The number of likely N-dealkylation sites (N-methyl/N-ethyl adjacent to an activating group) is 1. The normalized spacial score (nSPS) is 12.2. The molecule has 1 unspecified atom stereocenters. The predicted molar refractivity (Wildman–Crippen MR) is 74.0 cm³/mol. The number of thioether (sulfide) groups is 1. The monoisotopic (exact) mass is 252 g/mol. The molecule has 1 amide bonds. The zero-order valence-corrected chi connectivity index (χ0v) is 11.2. The molecule has 0 aliphatic carbocycles. The van der Waals surface area contributed by atoms with Crippen molar-refractivity contribution in [2.45, 2.75) is 12.5 Å². The minimum atomic E-state index is -0.546. The lowest BCUT2D eigenvalue weighted by Gasteiger charge is -2.21. The minimum Gasteiger partial charge on any atom is -0.344 e. The van der Waals surface area contributed by atoms with Gasteiger partial charge in [0.05, 0.1) is 0 Å². The molecular weight excluding hydrogens is 232 g/mol. The molecule has 0 saturated carbocycles. The Labute approximate surface area is 107 Å². The van der Waals surface area contributed by atoms with Crippen molar-refractivity contribution in [3.8, 4) is 0 Å². The third-order valence-electron chi connectivity index (χ3n) is 2.64. The Hall–Kier alpha value is -1.00.